The second-order valence-electron chi connectivity index (χ2n) is 3.84. The number of halogens is 3. The van der Waals surface area contributed by atoms with Crippen LogP contribution >= 0.6 is 11.3 Å². The molecule has 20 heavy (non-hydrogen) atoms. The number of alkyl halides is 3. The van der Waals surface area contributed by atoms with Crippen molar-refractivity contribution in [3.05, 3.63) is 46.2 Å². The van der Waals surface area contributed by atoms with Gasteiger partial charge >= 0.3 is 6.18 Å². The minimum Gasteiger partial charge on any atom is -0.495 e. The van der Waals surface area contributed by atoms with Gasteiger partial charge in [-0.1, -0.05) is 6.07 Å². The van der Waals surface area contributed by atoms with E-state index in [1.807, 2.05) is 0 Å². The number of amides is 1. The zero-order valence-electron chi connectivity index (χ0n) is 10.3. The molecule has 0 radical (unpaired) electrons. The standard InChI is InChI=1S/C13H10F3NO2S/c1-19-10-5-4-8(13(14,15)16)7-9(10)17-12(18)11-3-2-6-20-11/h2-7H,1H3,(H,17,18). The maximum absolute atomic E-state index is 12.7. The van der Waals surface area contributed by atoms with E-state index in [9.17, 15) is 18.0 Å². The number of carbonyl (C=O) groups is 1. The summed E-state index contributed by atoms with van der Waals surface area (Å²) in [5.74, 6) is -0.305. The van der Waals surface area contributed by atoms with Crippen molar-refractivity contribution >= 4 is 22.9 Å². The molecule has 0 aliphatic heterocycles. The lowest BCUT2D eigenvalue weighted by Gasteiger charge is -2.13. The van der Waals surface area contributed by atoms with Crippen LogP contribution in [0.3, 0.4) is 0 Å². The molecule has 3 nitrogen and oxygen atoms in total. The molecule has 1 aromatic carbocycles. The molecule has 1 N–H and O–H groups in total. The third-order valence-electron chi connectivity index (χ3n) is 2.52. The number of thiophene rings is 1. The minimum absolute atomic E-state index is 0.0132. The first kappa shape index (κ1) is 14.4. The predicted octanol–water partition coefficient (Wildman–Crippen LogP) is 4.03. The fraction of sp³-hybridized carbons (Fsp3) is 0.154. The zero-order valence-corrected chi connectivity index (χ0v) is 11.1. The zero-order chi connectivity index (χ0) is 14.8. The molecule has 2 rings (SSSR count). The third kappa shape index (κ3) is 3.11. The lowest BCUT2D eigenvalue weighted by molar-refractivity contribution is -0.137. The van der Waals surface area contributed by atoms with E-state index in [1.165, 1.54) is 24.5 Å². The van der Waals surface area contributed by atoms with E-state index in [0.717, 1.165) is 12.1 Å². The van der Waals surface area contributed by atoms with Gasteiger partial charge in [0, 0.05) is 0 Å². The quantitative estimate of drug-likeness (QED) is 0.929. The Labute approximate surface area is 117 Å². The minimum atomic E-state index is -4.48. The van der Waals surface area contributed by atoms with Gasteiger partial charge in [-0.15, -0.1) is 11.3 Å². The van der Waals surface area contributed by atoms with Crippen LogP contribution in [0.5, 0.6) is 5.75 Å². The molecule has 106 valence electrons. The molecule has 1 heterocycles. The molecule has 7 heteroatoms. The van der Waals surface area contributed by atoms with Crippen LogP contribution in [0.15, 0.2) is 35.7 Å². The number of carbonyl (C=O) groups excluding carboxylic acids is 1. The molecular formula is C13H10F3NO2S. The fourth-order valence-corrected chi connectivity index (χ4v) is 2.19. The Morgan fingerprint density at radius 2 is 2.05 bits per heavy atom. The SMILES string of the molecule is COc1ccc(C(F)(F)F)cc1NC(=O)c1cccs1. The average molecular weight is 301 g/mol. The van der Waals surface area contributed by atoms with E-state index in [2.05, 4.69) is 5.32 Å². The van der Waals surface area contributed by atoms with Gasteiger partial charge in [0.15, 0.2) is 0 Å². The van der Waals surface area contributed by atoms with Crippen LogP contribution in [0.25, 0.3) is 0 Å². The molecule has 0 unspecified atom stereocenters. The van der Waals surface area contributed by atoms with Gasteiger partial charge in [0.25, 0.3) is 5.91 Å². The second-order valence-corrected chi connectivity index (χ2v) is 4.79. The van der Waals surface area contributed by atoms with Crippen LogP contribution in [0.2, 0.25) is 0 Å². The summed E-state index contributed by atoms with van der Waals surface area (Å²) in [5, 5.41) is 4.13. The number of benzene rings is 1. The highest BCUT2D eigenvalue weighted by Crippen LogP contribution is 2.35. The van der Waals surface area contributed by atoms with Crippen LogP contribution in [-0.4, -0.2) is 13.0 Å². The van der Waals surface area contributed by atoms with E-state index < -0.39 is 17.6 Å². The first-order chi connectivity index (χ1) is 9.41. The van der Waals surface area contributed by atoms with Crippen LogP contribution in [0.1, 0.15) is 15.2 Å². The van der Waals surface area contributed by atoms with Crippen molar-refractivity contribution in [1.29, 1.82) is 0 Å². The Morgan fingerprint density at radius 1 is 1.30 bits per heavy atom. The number of anilines is 1. The smallest absolute Gasteiger partial charge is 0.416 e. The number of rotatable bonds is 3. The lowest BCUT2D eigenvalue weighted by atomic mass is 10.1. The molecular weight excluding hydrogens is 291 g/mol. The predicted molar refractivity (Wildman–Crippen MR) is 70.3 cm³/mol. The van der Waals surface area contributed by atoms with Crippen LogP contribution < -0.4 is 10.1 Å². The van der Waals surface area contributed by atoms with E-state index in [1.54, 1.807) is 17.5 Å². The summed E-state index contributed by atoms with van der Waals surface area (Å²) >= 11 is 1.20. The maximum Gasteiger partial charge on any atom is 0.416 e. The second kappa shape index (κ2) is 5.54. The molecule has 0 spiro atoms. The van der Waals surface area contributed by atoms with Crippen molar-refractivity contribution < 1.29 is 22.7 Å². The molecule has 0 saturated heterocycles. The summed E-state index contributed by atoms with van der Waals surface area (Å²) in [6.45, 7) is 0. The maximum atomic E-state index is 12.7. The molecule has 0 aliphatic rings. The lowest BCUT2D eigenvalue weighted by Crippen LogP contribution is -2.13. The summed E-state index contributed by atoms with van der Waals surface area (Å²) < 4.78 is 42.9. The highest BCUT2D eigenvalue weighted by atomic mass is 32.1. The first-order valence-electron chi connectivity index (χ1n) is 5.52. The summed E-state index contributed by atoms with van der Waals surface area (Å²) in [5.41, 5.74) is -0.861. The topological polar surface area (TPSA) is 38.3 Å². The summed E-state index contributed by atoms with van der Waals surface area (Å²) in [6.07, 6.45) is -4.48. The molecule has 1 aromatic heterocycles. The van der Waals surface area contributed by atoms with Gasteiger partial charge in [0.05, 0.1) is 23.2 Å². The van der Waals surface area contributed by atoms with Crippen molar-refractivity contribution in [1.82, 2.24) is 0 Å². The first-order valence-corrected chi connectivity index (χ1v) is 6.40. The number of methoxy groups -OCH3 is 1. The third-order valence-corrected chi connectivity index (χ3v) is 3.39. The number of hydrogen-bond acceptors (Lipinski definition) is 3. The van der Waals surface area contributed by atoms with Gasteiger partial charge < -0.3 is 10.1 Å². The normalized spacial score (nSPS) is 11.2. The number of nitrogens with one attached hydrogen (secondary N) is 1. The average Bonchev–Trinajstić information content (AvgIpc) is 2.91. The van der Waals surface area contributed by atoms with Crippen molar-refractivity contribution in [2.75, 3.05) is 12.4 Å². The Hall–Kier alpha value is -2.02. The van der Waals surface area contributed by atoms with Gasteiger partial charge in [-0.05, 0) is 29.6 Å². The van der Waals surface area contributed by atoms with Gasteiger partial charge in [0.1, 0.15) is 5.75 Å². The van der Waals surface area contributed by atoms with Crippen LogP contribution in [-0.2, 0) is 6.18 Å². The summed E-state index contributed by atoms with van der Waals surface area (Å²) in [6, 6.07) is 6.19. The van der Waals surface area contributed by atoms with Crippen molar-refractivity contribution in [3.8, 4) is 5.75 Å². The van der Waals surface area contributed by atoms with Gasteiger partial charge in [-0.25, -0.2) is 0 Å². The van der Waals surface area contributed by atoms with Crippen molar-refractivity contribution in [2.45, 2.75) is 6.18 Å². The highest BCUT2D eigenvalue weighted by molar-refractivity contribution is 7.12. The Kier molecular flexibility index (Phi) is 3.99. The Balaban J connectivity index is 2.32. The van der Waals surface area contributed by atoms with Gasteiger partial charge in [-0.2, -0.15) is 13.2 Å². The number of hydrogen-bond donors (Lipinski definition) is 1. The van der Waals surface area contributed by atoms with E-state index in [-0.39, 0.29) is 11.4 Å². The van der Waals surface area contributed by atoms with Crippen molar-refractivity contribution in [2.24, 2.45) is 0 Å². The molecule has 1 amide bonds. The molecule has 0 atom stereocenters. The van der Waals surface area contributed by atoms with Crippen LogP contribution in [0, 0.1) is 0 Å². The molecule has 2 aromatic rings. The summed E-state index contributed by atoms with van der Waals surface area (Å²) in [4.78, 5) is 12.3. The monoisotopic (exact) mass is 301 g/mol. The fourth-order valence-electron chi connectivity index (χ4n) is 1.57. The van der Waals surface area contributed by atoms with Gasteiger partial charge in [-0.3, -0.25) is 4.79 Å². The van der Waals surface area contributed by atoms with Crippen molar-refractivity contribution in [3.63, 3.8) is 0 Å². The highest BCUT2D eigenvalue weighted by Gasteiger charge is 2.31. The summed E-state index contributed by atoms with van der Waals surface area (Å²) in [7, 11) is 1.32. The Bertz CT molecular complexity index is 609. The van der Waals surface area contributed by atoms with Crippen LogP contribution in [0.4, 0.5) is 18.9 Å². The molecule has 0 aliphatic carbocycles. The van der Waals surface area contributed by atoms with E-state index >= 15 is 0 Å². The van der Waals surface area contributed by atoms with E-state index in [0.29, 0.717) is 4.88 Å². The molecule has 0 fully saturated rings. The molecule has 0 bridgehead atoms. The number of ether oxygens (including phenoxy) is 1. The Morgan fingerprint density at radius 3 is 2.60 bits per heavy atom. The molecule has 0 saturated carbocycles. The van der Waals surface area contributed by atoms with E-state index in [4.69, 9.17) is 4.74 Å². The van der Waals surface area contributed by atoms with Gasteiger partial charge in [0.2, 0.25) is 0 Å². The largest absolute Gasteiger partial charge is 0.495 e.